The Morgan fingerprint density at radius 1 is 1.38 bits per heavy atom. The lowest BCUT2D eigenvalue weighted by Gasteiger charge is -2.06. The summed E-state index contributed by atoms with van der Waals surface area (Å²) in [4.78, 5) is 28.3. The smallest absolute Gasteiger partial charge is 0.284 e. The third-order valence-electron chi connectivity index (χ3n) is 3.37. The second kappa shape index (κ2) is 6.57. The summed E-state index contributed by atoms with van der Waals surface area (Å²) in [5.74, 6) is -0.713. The van der Waals surface area contributed by atoms with E-state index >= 15 is 0 Å². The van der Waals surface area contributed by atoms with Gasteiger partial charge in [0, 0.05) is 6.54 Å². The lowest BCUT2D eigenvalue weighted by molar-refractivity contribution is -0.121. The largest absolute Gasteiger partial charge is 0.355 e. The zero-order chi connectivity index (χ0) is 17.1. The fourth-order valence-corrected chi connectivity index (χ4v) is 2.21. The Hall–Kier alpha value is -3.10. The van der Waals surface area contributed by atoms with Gasteiger partial charge in [-0.2, -0.15) is 4.68 Å². The summed E-state index contributed by atoms with van der Waals surface area (Å²) in [6.07, 6.45) is 2.06. The molecule has 8 nitrogen and oxygen atoms in total. The number of hydrogen-bond donors (Lipinski definition) is 1. The van der Waals surface area contributed by atoms with Crippen LogP contribution in [0.5, 0.6) is 0 Å². The summed E-state index contributed by atoms with van der Waals surface area (Å²) < 4.78 is 15.8. The zero-order valence-corrected chi connectivity index (χ0v) is 12.9. The number of amides is 1. The summed E-state index contributed by atoms with van der Waals surface area (Å²) in [6, 6.07) is 5.72. The topological polar surface area (TPSA) is 94.7 Å². The van der Waals surface area contributed by atoms with Gasteiger partial charge in [-0.25, -0.2) is 9.37 Å². The molecule has 124 valence electrons. The van der Waals surface area contributed by atoms with Gasteiger partial charge in [-0.3, -0.25) is 14.2 Å². The summed E-state index contributed by atoms with van der Waals surface area (Å²) in [5.41, 5.74) is 0.151. The van der Waals surface area contributed by atoms with Gasteiger partial charge in [0.25, 0.3) is 5.56 Å². The molecule has 0 aliphatic rings. The summed E-state index contributed by atoms with van der Waals surface area (Å²) >= 11 is 0. The number of carbonyl (C=O) groups excluding carboxylic acids is 1. The van der Waals surface area contributed by atoms with E-state index in [4.69, 9.17) is 0 Å². The van der Waals surface area contributed by atoms with E-state index in [0.29, 0.717) is 12.2 Å². The SMILES string of the molecule is CCCNC(=O)Cn1cnc2c(nnn2-c2cccc(F)c2)c1=O. The molecule has 2 aromatic heterocycles. The highest BCUT2D eigenvalue weighted by Crippen LogP contribution is 2.12. The maximum atomic E-state index is 13.4. The van der Waals surface area contributed by atoms with Crippen LogP contribution < -0.4 is 10.9 Å². The van der Waals surface area contributed by atoms with Gasteiger partial charge >= 0.3 is 0 Å². The summed E-state index contributed by atoms with van der Waals surface area (Å²) in [7, 11) is 0. The number of fused-ring (bicyclic) bond motifs is 1. The van der Waals surface area contributed by atoms with Crippen molar-refractivity contribution in [2.24, 2.45) is 0 Å². The van der Waals surface area contributed by atoms with Crippen molar-refractivity contribution in [1.82, 2.24) is 29.9 Å². The number of carbonyl (C=O) groups is 1. The molecular weight excluding hydrogens is 315 g/mol. The highest BCUT2D eigenvalue weighted by atomic mass is 19.1. The van der Waals surface area contributed by atoms with Gasteiger partial charge in [0.05, 0.1) is 5.69 Å². The predicted octanol–water partition coefficient (Wildman–Crippen LogP) is 0.642. The normalized spacial score (nSPS) is 10.9. The minimum Gasteiger partial charge on any atom is -0.355 e. The van der Waals surface area contributed by atoms with Crippen LogP contribution in [0.2, 0.25) is 0 Å². The van der Waals surface area contributed by atoms with Crippen LogP contribution in [0.1, 0.15) is 13.3 Å². The Labute approximate surface area is 135 Å². The number of nitrogens with zero attached hydrogens (tertiary/aromatic N) is 5. The Bertz CT molecular complexity index is 949. The van der Waals surface area contributed by atoms with Crippen molar-refractivity contribution < 1.29 is 9.18 Å². The maximum Gasteiger partial charge on any atom is 0.284 e. The van der Waals surface area contributed by atoms with E-state index in [2.05, 4.69) is 20.6 Å². The molecule has 2 heterocycles. The van der Waals surface area contributed by atoms with Gasteiger partial charge in [0.2, 0.25) is 5.91 Å². The molecule has 0 spiro atoms. The zero-order valence-electron chi connectivity index (χ0n) is 12.9. The van der Waals surface area contributed by atoms with Crippen LogP contribution in [0.3, 0.4) is 0 Å². The van der Waals surface area contributed by atoms with Crippen LogP contribution in [-0.2, 0) is 11.3 Å². The number of halogens is 1. The molecule has 0 saturated carbocycles. The number of hydrogen-bond acceptors (Lipinski definition) is 5. The average Bonchev–Trinajstić information content (AvgIpc) is 3.00. The van der Waals surface area contributed by atoms with Gasteiger partial charge < -0.3 is 5.32 Å². The summed E-state index contributed by atoms with van der Waals surface area (Å²) in [5, 5.41) is 10.4. The van der Waals surface area contributed by atoms with E-state index in [1.165, 1.54) is 29.2 Å². The third kappa shape index (κ3) is 3.00. The Morgan fingerprint density at radius 2 is 2.21 bits per heavy atom. The molecule has 0 aliphatic carbocycles. The van der Waals surface area contributed by atoms with Gasteiger partial charge in [-0.05, 0) is 24.6 Å². The standard InChI is InChI=1S/C15H15FN6O2/c1-2-6-17-12(23)8-21-9-18-14-13(15(21)24)19-20-22(14)11-5-3-4-10(16)7-11/h3-5,7,9H,2,6,8H2,1H3,(H,17,23). The molecule has 0 atom stereocenters. The fraction of sp³-hybridized carbons (Fsp3) is 0.267. The van der Waals surface area contributed by atoms with Crippen LogP contribution in [0, 0.1) is 5.82 Å². The third-order valence-corrected chi connectivity index (χ3v) is 3.37. The molecule has 0 aliphatic heterocycles. The lowest BCUT2D eigenvalue weighted by atomic mass is 10.3. The van der Waals surface area contributed by atoms with Crippen molar-refractivity contribution >= 4 is 17.1 Å². The van der Waals surface area contributed by atoms with Crippen LogP contribution in [0.15, 0.2) is 35.4 Å². The van der Waals surface area contributed by atoms with Gasteiger partial charge in [-0.1, -0.05) is 18.2 Å². The molecule has 1 aromatic carbocycles. The molecule has 0 unspecified atom stereocenters. The van der Waals surface area contributed by atoms with Crippen molar-refractivity contribution in [2.45, 2.75) is 19.9 Å². The van der Waals surface area contributed by atoms with Gasteiger partial charge in [0.15, 0.2) is 11.2 Å². The second-order valence-corrected chi connectivity index (χ2v) is 5.18. The minimum atomic E-state index is -0.477. The van der Waals surface area contributed by atoms with Gasteiger partial charge in [0.1, 0.15) is 18.7 Å². The van der Waals surface area contributed by atoms with Crippen LogP contribution >= 0.6 is 0 Å². The number of benzene rings is 1. The summed E-state index contributed by atoms with van der Waals surface area (Å²) in [6.45, 7) is 2.33. The first kappa shape index (κ1) is 15.8. The molecule has 0 saturated heterocycles. The Balaban J connectivity index is 1.97. The first-order valence-corrected chi connectivity index (χ1v) is 7.43. The van der Waals surface area contributed by atoms with Crippen molar-refractivity contribution in [3.8, 4) is 5.69 Å². The monoisotopic (exact) mass is 330 g/mol. The predicted molar refractivity (Wildman–Crippen MR) is 84.2 cm³/mol. The van der Waals surface area contributed by atoms with E-state index in [-0.39, 0.29) is 23.6 Å². The highest BCUT2D eigenvalue weighted by molar-refractivity contribution is 5.76. The number of nitrogens with one attached hydrogen (secondary N) is 1. The molecule has 1 amide bonds. The maximum absolute atomic E-state index is 13.4. The lowest BCUT2D eigenvalue weighted by Crippen LogP contribution is -2.32. The van der Waals surface area contributed by atoms with Crippen molar-refractivity contribution in [1.29, 1.82) is 0 Å². The number of rotatable bonds is 5. The Morgan fingerprint density at radius 3 is 2.96 bits per heavy atom. The van der Waals surface area contributed by atoms with E-state index in [9.17, 15) is 14.0 Å². The van der Waals surface area contributed by atoms with Crippen LogP contribution in [-0.4, -0.2) is 37.0 Å². The second-order valence-electron chi connectivity index (χ2n) is 5.18. The molecule has 3 aromatic rings. The van der Waals surface area contributed by atoms with E-state index in [1.807, 2.05) is 6.92 Å². The highest BCUT2D eigenvalue weighted by Gasteiger charge is 2.14. The molecule has 3 rings (SSSR count). The molecule has 0 radical (unpaired) electrons. The minimum absolute atomic E-state index is 0.0186. The molecule has 24 heavy (non-hydrogen) atoms. The molecule has 1 N–H and O–H groups in total. The molecular formula is C15H15FN6O2. The van der Waals surface area contributed by atoms with E-state index in [0.717, 1.165) is 11.0 Å². The number of aromatic nitrogens is 5. The van der Waals surface area contributed by atoms with Crippen molar-refractivity contribution in [3.05, 3.63) is 46.8 Å². The molecule has 0 fully saturated rings. The van der Waals surface area contributed by atoms with E-state index in [1.54, 1.807) is 6.07 Å². The van der Waals surface area contributed by atoms with Crippen molar-refractivity contribution in [2.75, 3.05) is 6.54 Å². The van der Waals surface area contributed by atoms with Gasteiger partial charge in [-0.15, -0.1) is 5.10 Å². The fourth-order valence-electron chi connectivity index (χ4n) is 2.21. The molecule has 0 bridgehead atoms. The Kier molecular flexibility index (Phi) is 4.32. The average molecular weight is 330 g/mol. The van der Waals surface area contributed by atoms with Crippen LogP contribution in [0.25, 0.3) is 16.9 Å². The van der Waals surface area contributed by atoms with Crippen LogP contribution in [0.4, 0.5) is 4.39 Å². The quantitative estimate of drug-likeness (QED) is 0.741. The molecule has 9 heteroatoms. The first-order valence-electron chi connectivity index (χ1n) is 7.43. The van der Waals surface area contributed by atoms with E-state index < -0.39 is 11.4 Å². The first-order chi connectivity index (χ1) is 11.6. The van der Waals surface area contributed by atoms with Crippen molar-refractivity contribution in [3.63, 3.8) is 0 Å².